The fourth-order valence-corrected chi connectivity index (χ4v) is 0.753. The van der Waals surface area contributed by atoms with Crippen molar-refractivity contribution >= 4 is 5.95 Å². The van der Waals surface area contributed by atoms with Crippen LogP contribution in [0.3, 0.4) is 0 Å². The molecule has 0 aromatic carbocycles. The van der Waals surface area contributed by atoms with Crippen molar-refractivity contribution in [2.24, 2.45) is 0 Å². The highest BCUT2D eigenvalue weighted by atomic mass is 15.4. The SMILES string of the molecule is CCCCn1ncnc1N. The van der Waals surface area contributed by atoms with Crippen LogP contribution in [0.15, 0.2) is 6.33 Å². The number of aromatic nitrogens is 3. The van der Waals surface area contributed by atoms with E-state index in [2.05, 4.69) is 17.0 Å². The van der Waals surface area contributed by atoms with E-state index < -0.39 is 0 Å². The summed E-state index contributed by atoms with van der Waals surface area (Å²) in [6.07, 6.45) is 3.73. The second-order valence-corrected chi connectivity index (χ2v) is 2.19. The molecule has 0 atom stereocenters. The molecule has 0 aliphatic rings. The zero-order valence-electron chi connectivity index (χ0n) is 6.12. The van der Waals surface area contributed by atoms with E-state index in [1.807, 2.05) is 0 Å². The smallest absolute Gasteiger partial charge is 0.218 e. The number of rotatable bonds is 3. The molecule has 0 unspecified atom stereocenters. The summed E-state index contributed by atoms with van der Waals surface area (Å²) in [5, 5.41) is 3.93. The van der Waals surface area contributed by atoms with E-state index in [4.69, 9.17) is 5.73 Å². The predicted molar refractivity (Wildman–Crippen MR) is 39.3 cm³/mol. The maximum absolute atomic E-state index is 5.47. The van der Waals surface area contributed by atoms with E-state index in [1.54, 1.807) is 4.68 Å². The molecule has 0 aliphatic carbocycles. The van der Waals surface area contributed by atoms with Crippen molar-refractivity contribution in [3.8, 4) is 0 Å². The largest absolute Gasteiger partial charge is 0.368 e. The third-order valence-corrected chi connectivity index (χ3v) is 1.37. The van der Waals surface area contributed by atoms with Crippen LogP contribution in [-0.4, -0.2) is 14.8 Å². The summed E-state index contributed by atoms with van der Waals surface area (Å²) in [5.74, 6) is 0.508. The Hall–Kier alpha value is -1.06. The summed E-state index contributed by atoms with van der Waals surface area (Å²) in [5.41, 5.74) is 5.47. The number of nitrogens with zero attached hydrogens (tertiary/aromatic N) is 3. The van der Waals surface area contributed by atoms with Crippen molar-refractivity contribution in [1.82, 2.24) is 14.8 Å². The van der Waals surface area contributed by atoms with Gasteiger partial charge in [0.25, 0.3) is 0 Å². The van der Waals surface area contributed by atoms with Crippen LogP contribution in [0.1, 0.15) is 19.8 Å². The van der Waals surface area contributed by atoms with E-state index in [9.17, 15) is 0 Å². The van der Waals surface area contributed by atoms with Crippen LogP contribution in [0.25, 0.3) is 0 Å². The summed E-state index contributed by atoms with van der Waals surface area (Å²) >= 11 is 0. The first-order valence-corrected chi connectivity index (χ1v) is 3.48. The Kier molecular flexibility index (Phi) is 2.25. The lowest BCUT2D eigenvalue weighted by molar-refractivity contribution is 0.578. The van der Waals surface area contributed by atoms with Gasteiger partial charge >= 0.3 is 0 Å². The number of anilines is 1. The zero-order chi connectivity index (χ0) is 7.40. The Morgan fingerprint density at radius 3 is 3.00 bits per heavy atom. The van der Waals surface area contributed by atoms with Gasteiger partial charge in [-0.05, 0) is 6.42 Å². The van der Waals surface area contributed by atoms with Gasteiger partial charge in [0, 0.05) is 6.54 Å². The molecule has 0 spiro atoms. The van der Waals surface area contributed by atoms with Crippen LogP contribution in [-0.2, 0) is 6.54 Å². The first-order chi connectivity index (χ1) is 4.84. The first-order valence-electron chi connectivity index (χ1n) is 3.48. The summed E-state index contributed by atoms with van der Waals surface area (Å²) in [6, 6.07) is 0. The number of hydrogen-bond acceptors (Lipinski definition) is 3. The third kappa shape index (κ3) is 1.46. The van der Waals surface area contributed by atoms with E-state index in [0.29, 0.717) is 5.95 Å². The fourth-order valence-electron chi connectivity index (χ4n) is 0.753. The number of nitrogen functional groups attached to an aromatic ring is 1. The molecule has 1 aromatic rings. The highest BCUT2D eigenvalue weighted by Crippen LogP contribution is 1.97. The Morgan fingerprint density at radius 2 is 2.50 bits per heavy atom. The fraction of sp³-hybridized carbons (Fsp3) is 0.667. The highest BCUT2D eigenvalue weighted by molar-refractivity contribution is 5.11. The normalized spacial score (nSPS) is 10.1. The molecule has 0 fully saturated rings. The molecule has 0 aliphatic heterocycles. The molecule has 56 valence electrons. The van der Waals surface area contributed by atoms with Gasteiger partial charge < -0.3 is 5.73 Å². The molecular weight excluding hydrogens is 128 g/mol. The maximum atomic E-state index is 5.47. The van der Waals surface area contributed by atoms with Gasteiger partial charge in [-0.3, -0.25) is 0 Å². The highest BCUT2D eigenvalue weighted by Gasteiger charge is 1.95. The van der Waals surface area contributed by atoms with Crippen molar-refractivity contribution < 1.29 is 0 Å². The molecule has 0 saturated heterocycles. The topological polar surface area (TPSA) is 56.7 Å². The summed E-state index contributed by atoms with van der Waals surface area (Å²) in [6.45, 7) is 3.01. The summed E-state index contributed by atoms with van der Waals surface area (Å²) in [7, 11) is 0. The lowest BCUT2D eigenvalue weighted by Gasteiger charge is -1.98. The van der Waals surface area contributed by atoms with Gasteiger partial charge in [0.05, 0.1) is 0 Å². The molecule has 0 radical (unpaired) electrons. The van der Waals surface area contributed by atoms with Gasteiger partial charge in [-0.15, -0.1) is 0 Å². The Balaban J connectivity index is 2.49. The zero-order valence-corrected chi connectivity index (χ0v) is 6.12. The molecule has 2 N–H and O–H groups in total. The average Bonchev–Trinajstić information content (AvgIpc) is 2.31. The minimum absolute atomic E-state index is 0.508. The van der Waals surface area contributed by atoms with Crippen LogP contribution < -0.4 is 5.73 Å². The second kappa shape index (κ2) is 3.20. The van der Waals surface area contributed by atoms with Crippen molar-refractivity contribution in [3.63, 3.8) is 0 Å². The van der Waals surface area contributed by atoms with E-state index >= 15 is 0 Å². The van der Waals surface area contributed by atoms with Crippen molar-refractivity contribution in [2.45, 2.75) is 26.3 Å². The number of aryl methyl sites for hydroxylation is 1. The number of unbranched alkanes of at least 4 members (excludes halogenated alkanes) is 1. The minimum atomic E-state index is 0.508. The lowest BCUT2D eigenvalue weighted by atomic mass is 10.3. The molecule has 0 bridgehead atoms. The quantitative estimate of drug-likeness (QED) is 0.671. The standard InChI is InChI=1S/C6H12N4/c1-2-3-4-10-6(7)8-5-9-10/h5H,2-4H2,1H3,(H2,7,8,9). The average molecular weight is 140 g/mol. The van der Waals surface area contributed by atoms with E-state index in [0.717, 1.165) is 19.4 Å². The molecule has 1 aromatic heterocycles. The van der Waals surface area contributed by atoms with Gasteiger partial charge in [-0.25, -0.2) is 9.67 Å². The van der Waals surface area contributed by atoms with E-state index in [-0.39, 0.29) is 0 Å². The Bertz CT molecular complexity index is 193. The van der Waals surface area contributed by atoms with Gasteiger partial charge in [-0.1, -0.05) is 13.3 Å². The van der Waals surface area contributed by atoms with Gasteiger partial charge in [-0.2, -0.15) is 5.10 Å². The number of hydrogen-bond donors (Lipinski definition) is 1. The maximum Gasteiger partial charge on any atom is 0.218 e. The molecule has 4 heteroatoms. The van der Waals surface area contributed by atoms with Crippen LogP contribution >= 0.6 is 0 Å². The number of nitrogens with two attached hydrogens (primary N) is 1. The second-order valence-electron chi connectivity index (χ2n) is 2.19. The molecule has 1 heterocycles. The van der Waals surface area contributed by atoms with Gasteiger partial charge in [0.1, 0.15) is 6.33 Å². The molecule has 0 amide bonds. The Morgan fingerprint density at radius 1 is 1.70 bits per heavy atom. The van der Waals surface area contributed by atoms with E-state index in [1.165, 1.54) is 6.33 Å². The van der Waals surface area contributed by atoms with Crippen molar-refractivity contribution in [1.29, 1.82) is 0 Å². The lowest BCUT2D eigenvalue weighted by Crippen LogP contribution is -2.04. The Labute approximate surface area is 60.1 Å². The van der Waals surface area contributed by atoms with Crippen molar-refractivity contribution in [2.75, 3.05) is 5.73 Å². The molecule has 1 rings (SSSR count). The minimum Gasteiger partial charge on any atom is -0.368 e. The first kappa shape index (κ1) is 7.05. The van der Waals surface area contributed by atoms with Crippen LogP contribution in [0, 0.1) is 0 Å². The van der Waals surface area contributed by atoms with Gasteiger partial charge in [0.15, 0.2) is 0 Å². The van der Waals surface area contributed by atoms with Gasteiger partial charge in [0.2, 0.25) is 5.95 Å². The van der Waals surface area contributed by atoms with Crippen LogP contribution in [0.4, 0.5) is 5.95 Å². The van der Waals surface area contributed by atoms with Crippen LogP contribution in [0.2, 0.25) is 0 Å². The monoisotopic (exact) mass is 140 g/mol. The molecule has 10 heavy (non-hydrogen) atoms. The summed E-state index contributed by atoms with van der Waals surface area (Å²) in [4.78, 5) is 3.80. The third-order valence-electron chi connectivity index (χ3n) is 1.37. The molecule has 4 nitrogen and oxygen atoms in total. The summed E-state index contributed by atoms with van der Waals surface area (Å²) < 4.78 is 1.71. The van der Waals surface area contributed by atoms with Crippen molar-refractivity contribution in [3.05, 3.63) is 6.33 Å². The predicted octanol–water partition coefficient (Wildman–Crippen LogP) is 0.660. The van der Waals surface area contributed by atoms with Crippen LogP contribution in [0.5, 0.6) is 0 Å². The molecular formula is C6H12N4. The molecule has 0 saturated carbocycles.